The van der Waals surface area contributed by atoms with Crippen molar-refractivity contribution >= 4 is 39.3 Å². The largest absolute Gasteiger partial charge is 0.347 e. The van der Waals surface area contributed by atoms with Gasteiger partial charge in [0.2, 0.25) is 5.91 Å². The fourth-order valence-electron chi connectivity index (χ4n) is 2.36. The summed E-state index contributed by atoms with van der Waals surface area (Å²) in [5.74, 6) is -0.170. The SMILES string of the molecule is CN(C)C(=O)C1CCCN1C(=O)c1ccc(Br)c(Cl)c1. The number of likely N-dealkylation sites (tertiary alicyclic amines) is 1. The molecule has 1 aromatic carbocycles. The van der Waals surface area contributed by atoms with E-state index in [-0.39, 0.29) is 17.9 Å². The normalized spacial score (nSPS) is 18.2. The molecule has 0 radical (unpaired) electrons. The first-order valence-corrected chi connectivity index (χ1v) is 7.56. The molecule has 20 heavy (non-hydrogen) atoms. The molecule has 2 amide bonds. The predicted octanol–water partition coefficient (Wildman–Crippen LogP) is 2.80. The Morgan fingerprint density at radius 2 is 2.10 bits per heavy atom. The lowest BCUT2D eigenvalue weighted by Crippen LogP contribution is -2.45. The summed E-state index contributed by atoms with van der Waals surface area (Å²) in [6, 6.07) is 4.73. The molecule has 0 spiro atoms. The van der Waals surface area contributed by atoms with Crippen LogP contribution in [0.5, 0.6) is 0 Å². The Morgan fingerprint density at radius 1 is 1.40 bits per heavy atom. The Bertz CT molecular complexity index is 548. The van der Waals surface area contributed by atoms with E-state index >= 15 is 0 Å². The highest BCUT2D eigenvalue weighted by Crippen LogP contribution is 2.26. The Hall–Kier alpha value is -1.07. The minimum Gasteiger partial charge on any atom is -0.347 e. The summed E-state index contributed by atoms with van der Waals surface area (Å²) in [5.41, 5.74) is 0.511. The lowest BCUT2D eigenvalue weighted by atomic mass is 10.1. The zero-order valence-electron chi connectivity index (χ0n) is 11.4. The number of hydrogen-bond donors (Lipinski definition) is 0. The molecule has 0 N–H and O–H groups in total. The van der Waals surface area contributed by atoms with Crippen LogP contribution in [0.15, 0.2) is 22.7 Å². The van der Waals surface area contributed by atoms with Crippen LogP contribution in [0.25, 0.3) is 0 Å². The lowest BCUT2D eigenvalue weighted by Gasteiger charge is -2.26. The third-order valence-electron chi connectivity index (χ3n) is 3.41. The van der Waals surface area contributed by atoms with Crippen molar-refractivity contribution in [3.05, 3.63) is 33.3 Å². The van der Waals surface area contributed by atoms with Crippen LogP contribution in [-0.4, -0.2) is 48.3 Å². The van der Waals surface area contributed by atoms with Gasteiger partial charge in [0.05, 0.1) is 5.02 Å². The predicted molar refractivity (Wildman–Crippen MR) is 81.9 cm³/mol. The number of benzene rings is 1. The smallest absolute Gasteiger partial charge is 0.254 e. The molecule has 1 aliphatic heterocycles. The first kappa shape index (κ1) is 15.3. The van der Waals surface area contributed by atoms with Crippen molar-refractivity contribution in [1.29, 1.82) is 0 Å². The first-order valence-electron chi connectivity index (χ1n) is 6.39. The fraction of sp³-hybridized carbons (Fsp3) is 0.429. The highest BCUT2D eigenvalue weighted by Gasteiger charge is 2.35. The van der Waals surface area contributed by atoms with Crippen LogP contribution in [0.4, 0.5) is 0 Å². The highest BCUT2D eigenvalue weighted by atomic mass is 79.9. The second-order valence-corrected chi connectivity index (χ2v) is 6.28. The van der Waals surface area contributed by atoms with E-state index in [9.17, 15) is 9.59 Å². The molecule has 4 nitrogen and oxygen atoms in total. The number of carbonyl (C=O) groups is 2. The van der Waals surface area contributed by atoms with Crippen LogP contribution >= 0.6 is 27.5 Å². The van der Waals surface area contributed by atoms with Crippen molar-refractivity contribution in [3.8, 4) is 0 Å². The van der Waals surface area contributed by atoms with Crippen LogP contribution in [0.1, 0.15) is 23.2 Å². The van der Waals surface area contributed by atoms with Crippen LogP contribution in [0.3, 0.4) is 0 Å². The van der Waals surface area contributed by atoms with Crippen molar-refractivity contribution in [2.75, 3.05) is 20.6 Å². The highest BCUT2D eigenvalue weighted by molar-refractivity contribution is 9.10. The second-order valence-electron chi connectivity index (χ2n) is 5.02. The minimum absolute atomic E-state index is 0.0286. The third-order valence-corrected chi connectivity index (χ3v) is 4.64. The molecule has 0 aliphatic carbocycles. The Balaban J connectivity index is 2.23. The zero-order valence-corrected chi connectivity index (χ0v) is 13.7. The Labute approximate surface area is 131 Å². The van der Waals surface area contributed by atoms with E-state index in [0.29, 0.717) is 23.6 Å². The van der Waals surface area contributed by atoms with Crippen molar-refractivity contribution in [2.45, 2.75) is 18.9 Å². The molecule has 1 saturated heterocycles. The molecule has 1 heterocycles. The van der Waals surface area contributed by atoms with Crippen LogP contribution < -0.4 is 0 Å². The van der Waals surface area contributed by atoms with Crippen molar-refractivity contribution in [2.24, 2.45) is 0 Å². The number of likely N-dealkylation sites (N-methyl/N-ethyl adjacent to an activating group) is 1. The zero-order chi connectivity index (χ0) is 14.9. The van der Waals surface area contributed by atoms with Crippen molar-refractivity contribution in [3.63, 3.8) is 0 Å². The topological polar surface area (TPSA) is 40.6 Å². The molecule has 1 aliphatic rings. The lowest BCUT2D eigenvalue weighted by molar-refractivity contribution is -0.132. The van der Waals surface area contributed by atoms with E-state index in [1.807, 2.05) is 0 Å². The van der Waals surface area contributed by atoms with E-state index in [1.165, 1.54) is 4.90 Å². The molecular weight excluding hydrogens is 344 g/mol. The van der Waals surface area contributed by atoms with Gasteiger partial charge in [0.1, 0.15) is 6.04 Å². The van der Waals surface area contributed by atoms with Gasteiger partial charge in [-0.25, -0.2) is 0 Å². The number of hydrogen-bond acceptors (Lipinski definition) is 2. The summed E-state index contributed by atoms with van der Waals surface area (Å²) < 4.78 is 0.748. The number of nitrogens with zero attached hydrogens (tertiary/aromatic N) is 2. The van der Waals surface area contributed by atoms with Gasteiger partial charge in [0, 0.05) is 30.7 Å². The first-order chi connectivity index (χ1) is 9.41. The van der Waals surface area contributed by atoms with Gasteiger partial charge in [-0.15, -0.1) is 0 Å². The second kappa shape index (κ2) is 6.14. The van der Waals surface area contributed by atoms with Gasteiger partial charge in [-0.3, -0.25) is 9.59 Å². The number of rotatable bonds is 2. The van der Waals surface area contributed by atoms with Gasteiger partial charge in [0.25, 0.3) is 5.91 Å². The molecular formula is C14H16BrClN2O2. The van der Waals surface area contributed by atoms with Crippen LogP contribution in [0, 0.1) is 0 Å². The van der Waals surface area contributed by atoms with E-state index in [2.05, 4.69) is 15.9 Å². The van der Waals surface area contributed by atoms with Gasteiger partial charge in [-0.05, 0) is 47.0 Å². The van der Waals surface area contributed by atoms with Crippen molar-refractivity contribution in [1.82, 2.24) is 9.80 Å². The van der Waals surface area contributed by atoms with Gasteiger partial charge >= 0.3 is 0 Å². The number of halogens is 2. The quantitative estimate of drug-likeness (QED) is 0.815. The van der Waals surface area contributed by atoms with Gasteiger partial charge in [-0.1, -0.05) is 11.6 Å². The molecule has 0 bridgehead atoms. The summed E-state index contributed by atoms with van der Waals surface area (Å²) in [6.07, 6.45) is 1.56. The molecule has 1 atom stereocenters. The molecule has 1 unspecified atom stereocenters. The minimum atomic E-state index is -0.361. The monoisotopic (exact) mass is 358 g/mol. The summed E-state index contributed by atoms with van der Waals surface area (Å²) in [4.78, 5) is 27.8. The Morgan fingerprint density at radius 3 is 2.70 bits per heavy atom. The fourth-order valence-corrected chi connectivity index (χ4v) is 2.79. The average molecular weight is 360 g/mol. The van der Waals surface area contributed by atoms with E-state index in [0.717, 1.165) is 10.9 Å². The van der Waals surface area contributed by atoms with Gasteiger partial charge in [-0.2, -0.15) is 0 Å². The van der Waals surface area contributed by atoms with E-state index in [4.69, 9.17) is 11.6 Å². The van der Waals surface area contributed by atoms with E-state index in [1.54, 1.807) is 37.2 Å². The molecule has 0 aromatic heterocycles. The van der Waals surface area contributed by atoms with Crippen LogP contribution in [0.2, 0.25) is 5.02 Å². The number of amides is 2. The summed E-state index contributed by atoms with van der Waals surface area (Å²) >= 11 is 9.32. The third kappa shape index (κ3) is 2.99. The van der Waals surface area contributed by atoms with Gasteiger partial charge < -0.3 is 9.80 Å². The summed E-state index contributed by atoms with van der Waals surface area (Å²) in [6.45, 7) is 0.608. The molecule has 108 valence electrons. The summed E-state index contributed by atoms with van der Waals surface area (Å²) in [7, 11) is 3.42. The van der Waals surface area contributed by atoms with Crippen molar-refractivity contribution < 1.29 is 9.59 Å². The molecule has 1 aromatic rings. The standard InChI is InChI=1S/C14H16BrClN2O2/c1-17(2)14(20)12-4-3-7-18(12)13(19)9-5-6-10(15)11(16)8-9/h5-6,8,12H,3-4,7H2,1-2H3. The molecule has 2 rings (SSSR count). The summed E-state index contributed by atoms with van der Waals surface area (Å²) in [5, 5.41) is 0.491. The molecule has 6 heteroatoms. The average Bonchev–Trinajstić information content (AvgIpc) is 2.89. The van der Waals surface area contributed by atoms with Crippen LogP contribution in [-0.2, 0) is 4.79 Å². The number of carbonyl (C=O) groups excluding carboxylic acids is 2. The molecule has 1 fully saturated rings. The maximum atomic E-state index is 12.5. The Kier molecular flexibility index (Phi) is 4.70. The van der Waals surface area contributed by atoms with Gasteiger partial charge in [0.15, 0.2) is 0 Å². The maximum Gasteiger partial charge on any atom is 0.254 e. The maximum absolute atomic E-state index is 12.5. The van der Waals surface area contributed by atoms with E-state index < -0.39 is 0 Å². The molecule has 0 saturated carbocycles.